The van der Waals surface area contributed by atoms with Crippen LogP contribution >= 0.6 is 23.2 Å². The zero-order valence-corrected chi connectivity index (χ0v) is 23.4. The molecule has 38 heavy (non-hydrogen) atoms. The molecule has 7 nitrogen and oxygen atoms in total. The third-order valence-electron chi connectivity index (χ3n) is 5.86. The summed E-state index contributed by atoms with van der Waals surface area (Å²) in [6, 6.07) is 15.1. The molecule has 0 aromatic heterocycles. The van der Waals surface area contributed by atoms with Crippen molar-refractivity contribution in [1.29, 1.82) is 0 Å². The summed E-state index contributed by atoms with van der Waals surface area (Å²) in [5.41, 5.74) is 1.12. The predicted octanol–water partition coefficient (Wildman–Crippen LogP) is 5.19. The summed E-state index contributed by atoms with van der Waals surface area (Å²) in [6.45, 7) is 4.59. The first kappa shape index (κ1) is 29.4. The second-order valence-electron chi connectivity index (χ2n) is 8.62. The van der Waals surface area contributed by atoms with E-state index in [2.05, 4.69) is 5.32 Å². The van der Waals surface area contributed by atoms with Crippen LogP contribution in [0.5, 0.6) is 0 Å². The molecular weight excluding hydrogens is 552 g/mol. The van der Waals surface area contributed by atoms with Crippen LogP contribution in [0.3, 0.4) is 0 Å². The molecule has 0 aliphatic heterocycles. The number of aryl methyl sites for hydroxylation is 1. The molecule has 0 saturated carbocycles. The van der Waals surface area contributed by atoms with Crippen molar-refractivity contribution in [2.24, 2.45) is 0 Å². The number of amides is 2. The SMILES string of the molecule is CCNC(=O)C(C)N(Cc1ccc(Cl)c(Cl)c1)C(=O)CN(c1ccccc1F)S(=O)(=O)c1ccc(C)cc1. The minimum atomic E-state index is -4.36. The van der Waals surface area contributed by atoms with E-state index in [0.717, 1.165) is 15.9 Å². The highest BCUT2D eigenvalue weighted by molar-refractivity contribution is 7.92. The number of hydrogen-bond donors (Lipinski definition) is 1. The number of halogens is 3. The summed E-state index contributed by atoms with van der Waals surface area (Å²) in [6.07, 6.45) is 0. The Balaban J connectivity index is 2.05. The molecule has 1 N–H and O–H groups in total. The molecule has 0 bridgehead atoms. The Morgan fingerprint density at radius 1 is 1.00 bits per heavy atom. The van der Waals surface area contributed by atoms with Crippen LogP contribution in [0.25, 0.3) is 0 Å². The molecule has 0 spiro atoms. The first-order valence-corrected chi connectivity index (χ1v) is 14.0. The Morgan fingerprint density at radius 3 is 2.26 bits per heavy atom. The van der Waals surface area contributed by atoms with Crippen molar-refractivity contribution in [3.63, 3.8) is 0 Å². The third-order valence-corrected chi connectivity index (χ3v) is 8.38. The molecular formula is C27H28Cl2FN3O4S. The summed E-state index contributed by atoms with van der Waals surface area (Å²) in [4.78, 5) is 27.6. The van der Waals surface area contributed by atoms with Crippen molar-refractivity contribution in [1.82, 2.24) is 10.2 Å². The van der Waals surface area contributed by atoms with Crippen LogP contribution in [-0.4, -0.2) is 44.3 Å². The number of nitrogens with zero attached hydrogens (tertiary/aromatic N) is 2. The van der Waals surface area contributed by atoms with Crippen LogP contribution in [0.1, 0.15) is 25.0 Å². The summed E-state index contributed by atoms with van der Waals surface area (Å²) in [7, 11) is -4.36. The lowest BCUT2D eigenvalue weighted by Gasteiger charge is -2.32. The molecule has 202 valence electrons. The summed E-state index contributed by atoms with van der Waals surface area (Å²) in [5.74, 6) is -1.96. The van der Waals surface area contributed by atoms with E-state index in [1.54, 1.807) is 44.2 Å². The second-order valence-corrected chi connectivity index (χ2v) is 11.3. The Bertz CT molecular complexity index is 1420. The molecule has 0 heterocycles. The van der Waals surface area contributed by atoms with Gasteiger partial charge in [0.25, 0.3) is 10.0 Å². The fourth-order valence-corrected chi connectivity index (χ4v) is 5.49. The molecule has 0 aliphatic carbocycles. The lowest BCUT2D eigenvalue weighted by molar-refractivity contribution is -0.139. The molecule has 3 rings (SSSR count). The maximum Gasteiger partial charge on any atom is 0.264 e. The smallest absolute Gasteiger partial charge is 0.264 e. The first-order chi connectivity index (χ1) is 17.9. The van der Waals surface area contributed by atoms with Gasteiger partial charge in [0.15, 0.2) is 0 Å². The largest absolute Gasteiger partial charge is 0.355 e. The maximum absolute atomic E-state index is 14.9. The fraction of sp³-hybridized carbons (Fsp3) is 0.259. The normalized spacial score (nSPS) is 12.1. The lowest BCUT2D eigenvalue weighted by atomic mass is 10.1. The minimum absolute atomic E-state index is 0.0658. The van der Waals surface area contributed by atoms with Crippen LogP contribution in [-0.2, 0) is 26.2 Å². The molecule has 11 heteroatoms. The molecule has 0 radical (unpaired) electrons. The molecule has 0 saturated heterocycles. The van der Waals surface area contributed by atoms with E-state index in [1.165, 1.54) is 42.2 Å². The quantitative estimate of drug-likeness (QED) is 0.358. The van der Waals surface area contributed by atoms with Gasteiger partial charge in [0.1, 0.15) is 18.4 Å². The second kappa shape index (κ2) is 12.6. The van der Waals surface area contributed by atoms with E-state index < -0.39 is 40.2 Å². The van der Waals surface area contributed by atoms with Crippen LogP contribution < -0.4 is 9.62 Å². The van der Waals surface area contributed by atoms with E-state index in [9.17, 15) is 22.4 Å². The summed E-state index contributed by atoms with van der Waals surface area (Å²) < 4.78 is 43.0. The van der Waals surface area contributed by atoms with Crippen LogP contribution in [0.4, 0.5) is 10.1 Å². The summed E-state index contributed by atoms with van der Waals surface area (Å²) >= 11 is 12.2. The van der Waals surface area contributed by atoms with Gasteiger partial charge in [-0.2, -0.15) is 0 Å². The van der Waals surface area contributed by atoms with Crippen molar-refractivity contribution >= 4 is 50.7 Å². The average Bonchev–Trinajstić information content (AvgIpc) is 2.88. The van der Waals surface area contributed by atoms with Gasteiger partial charge < -0.3 is 10.2 Å². The molecule has 0 fully saturated rings. The number of hydrogen-bond acceptors (Lipinski definition) is 4. The third kappa shape index (κ3) is 6.83. The number of nitrogens with one attached hydrogen (secondary N) is 1. The van der Waals surface area contributed by atoms with Gasteiger partial charge >= 0.3 is 0 Å². The van der Waals surface area contributed by atoms with Gasteiger partial charge in [-0.25, -0.2) is 12.8 Å². The zero-order chi connectivity index (χ0) is 28.0. The van der Waals surface area contributed by atoms with Crippen molar-refractivity contribution in [3.05, 3.63) is 93.7 Å². The zero-order valence-electron chi connectivity index (χ0n) is 21.1. The highest BCUT2D eigenvalue weighted by atomic mass is 35.5. The van der Waals surface area contributed by atoms with Crippen LogP contribution in [0.2, 0.25) is 10.0 Å². The lowest BCUT2D eigenvalue weighted by Crippen LogP contribution is -2.51. The molecule has 3 aromatic carbocycles. The van der Waals surface area contributed by atoms with Gasteiger partial charge in [-0.1, -0.05) is 59.1 Å². The number of anilines is 1. The van der Waals surface area contributed by atoms with Crippen LogP contribution in [0.15, 0.2) is 71.6 Å². The van der Waals surface area contributed by atoms with E-state index in [4.69, 9.17) is 23.2 Å². The Morgan fingerprint density at radius 2 is 1.66 bits per heavy atom. The van der Waals surface area contributed by atoms with Crippen molar-refractivity contribution in [3.8, 4) is 0 Å². The molecule has 1 unspecified atom stereocenters. The molecule has 0 aliphatic rings. The van der Waals surface area contributed by atoms with E-state index in [-0.39, 0.29) is 22.2 Å². The Kier molecular flexibility index (Phi) is 9.76. The Hall–Kier alpha value is -3.14. The van der Waals surface area contributed by atoms with Crippen molar-refractivity contribution < 1.29 is 22.4 Å². The average molecular weight is 581 g/mol. The van der Waals surface area contributed by atoms with Gasteiger partial charge in [-0.3, -0.25) is 13.9 Å². The van der Waals surface area contributed by atoms with Gasteiger partial charge in [-0.15, -0.1) is 0 Å². The van der Waals surface area contributed by atoms with Gasteiger partial charge in [-0.05, 0) is 62.7 Å². The van der Waals surface area contributed by atoms with E-state index >= 15 is 0 Å². The van der Waals surface area contributed by atoms with Crippen molar-refractivity contribution in [2.45, 2.75) is 38.3 Å². The number of likely N-dealkylation sites (N-methyl/N-ethyl adjacent to an activating group) is 1. The topological polar surface area (TPSA) is 86.8 Å². The Labute approximate surface area is 232 Å². The van der Waals surface area contributed by atoms with E-state index in [0.29, 0.717) is 17.1 Å². The van der Waals surface area contributed by atoms with Gasteiger partial charge in [0, 0.05) is 13.1 Å². The molecule has 3 aromatic rings. The number of carbonyl (C=O) groups excluding carboxylic acids is 2. The fourth-order valence-electron chi connectivity index (χ4n) is 3.74. The number of rotatable bonds is 10. The number of para-hydroxylation sites is 1. The number of benzene rings is 3. The van der Waals surface area contributed by atoms with Gasteiger partial charge in [0.2, 0.25) is 11.8 Å². The highest BCUT2D eigenvalue weighted by Crippen LogP contribution is 2.28. The van der Waals surface area contributed by atoms with Crippen molar-refractivity contribution in [2.75, 3.05) is 17.4 Å². The first-order valence-electron chi connectivity index (χ1n) is 11.8. The minimum Gasteiger partial charge on any atom is -0.355 e. The molecule has 2 amide bonds. The maximum atomic E-state index is 14.9. The number of carbonyl (C=O) groups is 2. The highest BCUT2D eigenvalue weighted by Gasteiger charge is 2.33. The summed E-state index contributed by atoms with van der Waals surface area (Å²) in [5, 5.41) is 3.25. The van der Waals surface area contributed by atoms with E-state index in [1.807, 2.05) is 0 Å². The monoisotopic (exact) mass is 579 g/mol. The molecule has 1 atom stereocenters. The number of sulfonamides is 1. The van der Waals surface area contributed by atoms with Crippen LogP contribution in [0, 0.1) is 12.7 Å². The predicted molar refractivity (Wildman–Crippen MR) is 147 cm³/mol. The van der Waals surface area contributed by atoms with Gasteiger partial charge in [0.05, 0.1) is 20.6 Å². The standard InChI is InChI=1S/C27H28Cl2FN3O4S/c1-4-31-27(35)19(3)32(16-20-11-14-22(28)23(29)15-20)26(34)17-33(25-8-6-5-7-24(25)30)38(36,37)21-12-9-18(2)10-13-21/h5-15,19H,4,16-17H2,1-3H3,(H,31,35).